The summed E-state index contributed by atoms with van der Waals surface area (Å²) in [5.74, 6) is 0.649. The molecule has 4 heteroatoms. The third-order valence-corrected chi connectivity index (χ3v) is 6.33. The quantitative estimate of drug-likeness (QED) is 0.892. The zero-order valence-electron chi connectivity index (χ0n) is 17.2. The second-order valence-corrected chi connectivity index (χ2v) is 8.38. The molecule has 2 aliphatic heterocycles. The van der Waals surface area contributed by atoms with Crippen LogP contribution in [0.5, 0.6) is 0 Å². The minimum Gasteiger partial charge on any atom is -0.368 e. The minimum absolute atomic E-state index is 0.0509. The number of carbonyl (C=O) groups is 1. The number of amides is 1. The summed E-state index contributed by atoms with van der Waals surface area (Å²) in [7, 11) is 0. The van der Waals surface area contributed by atoms with Crippen molar-refractivity contribution in [3.8, 4) is 0 Å². The van der Waals surface area contributed by atoms with E-state index in [4.69, 9.17) is 0 Å². The summed E-state index contributed by atoms with van der Waals surface area (Å²) in [6.45, 7) is 11.5. The first kappa shape index (κ1) is 19.0. The van der Waals surface area contributed by atoms with Crippen LogP contribution in [0.3, 0.4) is 0 Å². The lowest BCUT2D eigenvalue weighted by Crippen LogP contribution is -2.51. The molecule has 4 nitrogen and oxygen atoms in total. The van der Waals surface area contributed by atoms with Crippen LogP contribution in [0.2, 0.25) is 0 Å². The predicted octanol–water partition coefficient (Wildman–Crippen LogP) is 3.26. The second-order valence-electron chi connectivity index (χ2n) is 8.38. The number of carbonyl (C=O) groups excluding carboxylic acids is 1. The average molecular weight is 378 g/mol. The van der Waals surface area contributed by atoms with Crippen LogP contribution in [0.25, 0.3) is 0 Å². The normalized spacial score (nSPS) is 22.5. The zero-order valence-corrected chi connectivity index (χ0v) is 17.2. The van der Waals surface area contributed by atoms with Crippen molar-refractivity contribution in [3.05, 3.63) is 64.7 Å². The SMILES string of the molecule is Cc1ccc(C2CNCC2C(=O)N2CCN(c3cc(C)ccc3C)CC2)cc1. The summed E-state index contributed by atoms with van der Waals surface area (Å²) >= 11 is 0. The van der Waals surface area contributed by atoms with Crippen molar-refractivity contribution >= 4 is 11.6 Å². The Morgan fingerprint density at radius 2 is 1.57 bits per heavy atom. The van der Waals surface area contributed by atoms with E-state index < -0.39 is 0 Å². The number of nitrogens with zero attached hydrogens (tertiary/aromatic N) is 2. The first-order chi connectivity index (χ1) is 13.5. The van der Waals surface area contributed by atoms with Crippen molar-refractivity contribution in [2.75, 3.05) is 44.2 Å². The van der Waals surface area contributed by atoms with Crippen LogP contribution in [0.15, 0.2) is 42.5 Å². The molecule has 0 spiro atoms. The van der Waals surface area contributed by atoms with Crippen molar-refractivity contribution in [1.29, 1.82) is 0 Å². The molecular weight excluding hydrogens is 346 g/mol. The summed E-state index contributed by atoms with van der Waals surface area (Å²) in [5, 5.41) is 3.45. The number of piperazine rings is 1. The standard InChI is InChI=1S/C24H31N3O/c1-17-5-8-20(9-6-17)21-15-25-16-22(21)24(28)27-12-10-26(11-13-27)23-14-18(2)4-7-19(23)3/h4-9,14,21-22,25H,10-13,15-16H2,1-3H3. The summed E-state index contributed by atoms with van der Waals surface area (Å²) in [6.07, 6.45) is 0. The fourth-order valence-corrected chi connectivity index (χ4v) is 4.56. The maximum atomic E-state index is 13.3. The topological polar surface area (TPSA) is 35.6 Å². The molecule has 0 saturated carbocycles. The van der Waals surface area contributed by atoms with Crippen LogP contribution in [-0.2, 0) is 4.79 Å². The van der Waals surface area contributed by atoms with Gasteiger partial charge in [0.2, 0.25) is 5.91 Å². The van der Waals surface area contributed by atoms with Crippen molar-refractivity contribution in [2.45, 2.75) is 26.7 Å². The molecule has 28 heavy (non-hydrogen) atoms. The van der Waals surface area contributed by atoms with Crippen LogP contribution >= 0.6 is 0 Å². The Balaban J connectivity index is 1.42. The lowest BCUT2D eigenvalue weighted by atomic mass is 9.87. The highest BCUT2D eigenvalue weighted by Crippen LogP contribution is 2.31. The number of hydrogen-bond donors (Lipinski definition) is 1. The molecule has 2 atom stereocenters. The highest BCUT2D eigenvalue weighted by molar-refractivity contribution is 5.81. The van der Waals surface area contributed by atoms with Crippen molar-refractivity contribution in [2.24, 2.45) is 5.92 Å². The van der Waals surface area contributed by atoms with Crippen molar-refractivity contribution in [1.82, 2.24) is 10.2 Å². The molecule has 0 aromatic heterocycles. The molecule has 2 aliphatic rings. The first-order valence-electron chi connectivity index (χ1n) is 10.4. The highest BCUT2D eigenvalue weighted by Gasteiger charge is 2.37. The molecule has 2 unspecified atom stereocenters. The predicted molar refractivity (Wildman–Crippen MR) is 115 cm³/mol. The fraction of sp³-hybridized carbons (Fsp3) is 0.458. The third kappa shape index (κ3) is 3.79. The van der Waals surface area contributed by atoms with E-state index in [1.807, 2.05) is 0 Å². The number of nitrogens with one attached hydrogen (secondary N) is 1. The molecule has 2 heterocycles. The van der Waals surface area contributed by atoms with Crippen molar-refractivity contribution < 1.29 is 4.79 Å². The molecule has 2 saturated heterocycles. The number of anilines is 1. The second kappa shape index (κ2) is 7.96. The first-order valence-corrected chi connectivity index (χ1v) is 10.4. The summed E-state index contributed by atoms with van der Waals surface area (Å²) in [5.41, 5.74) is 6.46. The Labute approximate surface area is 168 Å². The molecule has 2 aromatic rings. The summed E-state index contributed by atoms with van der Waals surface area (Å²) in [4.78, 5) is 17.8. The zero-order chi connectivity index (χ0) is 19.7. The number of benzene rings is 2. The lowest BCUT2D eigenvalue weighted by molar-refractivity contribution is -0.135. The molecule has 0 aliphatic carbocycles. The Morgan fingerprint density at radius 3 is 2.29 bits per heavy atom. The van der Waals surface area contributed by atoms with Gasteiger partial charge in [-0.2, -0.15) is 0 Å². The van der Waals surface area contributed by atoms with Gasteiger partial charge in [-0.1, -0.05) is 42.0 Å². The Kier molecular flexibility index (Phi) is 5.40. The van der Waals surface area contributed by atoms with Gasteiger partial charge in [-0.15, -0.1) is 0 Å². The third-order valence-electron chi connectivity index (χ3n) is 6.33. The van der Waals surface area contributed by atoms with E-state index in [1.165, 1.54) is 27.9 Å². The minimum atomic E-state index is 0.0509. The molecule has 1 amide bonds. The lowest BCUT2D eigenvalue weighted by Gasteiger charge is -2.38. The van der Waals surface area contributed by atoms with E-state index in [0.717, 1.165) is 39.3 Å². The monoisotopic (exact) mass is 377 g/mol. The van der Waals surface area contributed by atoms with Crippen molar-refractivity contribution in [3.63, 3.8) is 0 Å². The summed E-state index contributed by atoms with van der Waals surface area (Å²) in [6, 6.07) is 15.3. The van der Waals surface area contributed by atoms with Gasteiger partial charge in [0.1, 0.15) is 0 Å². The average Bonchev–Trinajstić information content (AvgIpc) is 3.20. The summed E-state index contributed by atoms with van der Waals surface area (Å²) < 4.78 is 0. The Morgan fingerprint density at radius 1 is 0.893 bits per heavy atom. The maximum absolute atomic E-state index is 13.3. The van der Waals surface area contributed by atoms with Gasteiger partial charge < -0.3 is 15.1 Å². The van der Waals surface area contributed by atoms with Crippen LogP contribution in [0, 0.1) is 26.7 Å². The van der Waals surface area contributed by atoms with Gasteiger partial charge >= 0.3 is 0 Å². The smallest absolute Gasteiger partial charge is 0.227 e. The van der Waals surface area contributed by atoms with E-state index in [0.29, 0.717) is 5.91 Å². The highest BCUT2D eigenvalue weighted by atomic mass is 16.2. The number of hydrogen-bond acceptors (Lipinski definition) is 3. The van der Waals surface area contributed by atoms with Gasteiger partial charge in [0, 0.05) is 50.9 Å². The molecule has 4 rings (SSSR count). The van der Waals surface area contributed by atoms with Gasteiger partial charge in [-0.3, -0.25) is 4.79 Å². The Bertz CT molecular complexity index is 837. The molecule has 2 aromatic carbocycles. The molecule has 0 radical (unpaired) electrons. The van der Waals surface area contributed by atoms with E-state index in [2.05, 4.69) is 78.4 Å². The van der Waals surface area contributed by atoms with Gasteiger partial charge in [0.25, 0.3) is 0 Å². The largest absolute Gasteiger partial charge is 0.368 e. The molecule has 2 fully saturated rings. The van der Waals surface area contributed by atoms with Gasteiger partial charge in [0.05, 0.1) is 5.92 Å². The van der Waals surface area contributed by atoms with E-state index in [-0.39, 0.29) is 11.8 Å². The van der Waals surface area contributed by atoms with Crippen LogP contribution in [-0.4, -0.2) is 50.1 Å². The van der Waals surface area contributed by atoms with Crippen LogP contribution in [0.1, 0.15) is 28.2 Å². The molecule has 148 valence electrons. The fourth-order valence-electron chi connectivity index (χ4n) is 4.56. The van der Waals surface area contributed by atoms with Crippen LogP contribution in [0.4, 0.5) is 5.69 Å². The number of rotatable bonds is 3. The van der Waals surface area contributed by atoms with E-state index in [1.54, 1.807) is 0 Å². The Hall–Kier alpha value is -2.33. The van der Waals surface area contributed by atoms with Crippen LogP contribution < -0.4 is 10.2 Å². The van der Waals surface area contributed by atoms with Gasteiger partial charge in [-0.25, -0.2) is 0 Å². The van der Waals surface area contributed by atoms with Gasteiger partial charge in [-0.05, 0) is 43.5 Å². The maximum Gasteiger partial charge on any atom is 0.227 e. The molecule has 1 N–H and O–H groups in total. The van der Waals surface area contributed by atoms with Gasteiger partial charge in [0.15, 0.2) is 0 Å². The molecular formula is C24H31N3O. The number of aryl methyl sites for hydroxylation is 3. The van der Waals surface area contributed by atoms with E-state index in [9.17, 15) is 4.79 Å². The van der Waals surface area contributed by atoms with E-state index >= 15 is 0 Å². The molecule has 0 bridgehead atoms.